The van der Waals surface area contributed by atoms with E-state index < -0.39 is 17.7 Å². The number of hydrogen-bond donors (Lipinski definition) is 2. The maximum Gasteiger partial charge on any atom is 0.164 e. The highest BCUT2D eigenvalue weighted by Crippen LogP contribution is 2.28. The quantitative estimate of drug-likeness (QED) is 0.880. The zero-order valence-electron chi connectivity index (χ0n) is 11.2. The summed E-state index contributed by atoms with van der Waals surface area (Å²) in [6.45, 7) is 3.09. The summed E-state index contributed by atoms with van der Waals surface area (Å²) in [5.41, 5.74) is 0.0559. The van der Waals surface area contributed by atoms with Gasteiger partial charge in [-0.25, -0.2) is 8.78 Å². The minimum atomic E-state index is -0.955. The molecule has 0 bridgehead atoms. The lowest BCUT2D eigenvalue weighted by Gasteiger charge is -2.31. The van der Waals surface area contributed by atoms with E-state index in [-0.39, 0.29) is 11.6 Å². The third-order valence-electron chi connectivity index (χ3n) is 4.03. The third kappa shape index (κ3) is 3.51. The number of nitrogens with one attached hydrogen (secondary N) is 1. The second-order valence-corrected chi connectivity index (χ2v) is 5.34. The van der Waals surface area contributed by atoms with Crippen LogP contribution in [0.1, 0.15) is 44.3 Å². The number of hydrogen-bond acceptors (Lipinski definition) is 2. The van der Waals surface area contributed by atoms with Gasteiger partial charge in [-0.2, -0.15) is 0 Å². The van der Waals surface area contributed by atoms with Crippen molar-refractivity contribution in [1.29, 1.82) is 0 Å². The maximum absolute atomic E-state index is 13.6. The molecule has 1 aliphatic heterocycles. The minimum Gasteiger partial charge on any atom is -0.388 e. The van der Waals surface area contributed by atoms with Crippen LogP contribution in [0.5, 0.6) is 0 Å². The lowest BCUT2D eigenvalue weighted by atomic mass is 9.87. The zero-order chi connectivity index (χ0) is 13.8. The second-order valence-electron chi connectivity index (χ2n) is 5.34. The second kappa shape index (κ2) is 6.44. The molecule has 4 heteroatoms. The van der Waals surface area contributed by atoms with Gasteiger partial charge in [0.1, 0.15) is 0 Å². The summed E-state index contributed by atoms with van der Waals surface area (Å²) in [5, 5.41) is 13.4. The molecule has 3 unspecified atom stereocenters. The van der Waals surface area contributed by atoms with Gasteiger partial charge in [0, 0.05) is 11.6 Å². The Kier molecular flexibility index (Phi) is 4.88. The number of halogens is 2. The molecule has 0 aliphatic carbocycles. The van der Waals surface area contributed by atoms with Gasteiger partial charge in [-0.15, -0.1) is 0 Å². The first kappa shape index (κ1) is 14.4. The number of benzene rings is 1. The van der Waals surface area contributed by atoms with Crippen LogP contribution in [0, 0.1) is 17.6 Å². The summed E-state index contributed by atoms with van der Waals surface area (Å²) in [6, 6.07) is 4.12. The van der Waals surface area contributed by atoms with E-state index in [0.29, 0.717) is 12.3 Å². The van der Waals surface area contributed by atoms with Gasteiger partial charge in [0.15, 0.2) is 11.6 Å². The minimum absolute atomic E-state index is 0.0559. The van der Waals surface area contributed by atoms with Crippen molar-refractivity contribution in [2.45, 2.75) is 44.8 Å². The summed E-state index contributed by atoms with van der Waals surface area (Å²) in [4.78, 5) is 0. The highest BCUT2D eigenvalue weighted by Gasteiger charge is 2.24. The molecule has 106 valence electrons. The highest BCUT2D eigenvalue weighted by atomic mass is 19.2. The normalized spacial score (nSPS) is 25.3. The third-order valence-corrected chi connectivity index (χ3v) is 4.03. The molecule has 0 aromatic heterocycles. The van der Waals surface area contributed by atoms with E-state index in [1.807, 2.05) is 0 Å². The lowest BCUT2D eigenvalue weighted by molar-refractivity contribution is 0.131. The van der Waals surface area contributed by atoms with E-state index >= 15 is 0 Å². The molecular formula is C15H21F2NO. The molecule has 1 aliphatic rings. The van der Waals surface area contributed by atoms with Crippen molar-refractivity contribution in [2.75, 3.05) is 6.54 Å². The van der Waals surface area contributed by atoms with Crippen molar-refractivity contribution in [3.8, 4) is 0 Å². The first-order chi connectivity index (χ1) is 9.11. The van der Waals surface area contributed by atoms with Crippen LogP contribution in [-0.2, 0) is 0 Å². The topological polar surface area (TPSA) is 32.3 Å². The fourth-order valence-corrected chi connectivity index (χ4v) is 2.82. The van der Waals surface area contributed by atoms with E-state index in [1.54, 1.807) is 0 Å². The molecule has 0 amide bonds. The Labute approximate surface area is 112 Å². The Hall–Kier alpha value is -1.00. The molecule has 2 rings (SSSR count). The van der Waals surface area contributed by atoms with Crippen LogP contribution < -0.4 is 5.32 Å². The Morgan fingerprint density at radius 2 is 2.21 bits per heavy atom. The van der Waals surface area contributed by atoms with Gasteiger partial charge in [-0.1, -0.05) is 25.5 Å². The molecule has 1 aromatic rings. The molecule has 19 heavy (non-hydrogen) atoms. The molecule has 0 radical (unpaired) electrons. The fraction of sp³-hybridized carbons (Fsp3) is 0.600. The molecule has 1 saturated heterocycles. The SMILES string of the molecule is CCC1CCNC(CC(O)c2cccc(F)c2F)C1. The molecule has 2 nitrogen and oxygen atoms in total. The average molecular weight is 269 g/mol. The summed E-state index contributed by atoms with van der Waals surface area (Å²) < 4.78 is 26.7. The average Bonchev–Trinajstić information content (AvgIpc) is 2.42. The molecule has 3 atom stereocenters. The maximum atomic E-state index is 13.6. The lowest BCUT2D eigenvalue weighted by Crippen LogP contribution is -2.39. The molecular weight excluding hydrogens is 248 g/mol. The predicted octanol–water partition coefficient (Wildman–Crippen LogP) is 3.17. The van der Waals surface area contributed by atoms with Crippen molar-refractivity contribution >= 4 is 0 Å². The van der Waals surface area contributed by atoms with Crippen LogP contribution in [0.25, 0.3) is 0 Å². The van der Waals surface area contributed by atoms with Crippen molar-refractivity contribution in [3.05, 3.63) is 35.4 Å². The van der Waals surface area contributed by atoms with Crippen LogP contribution >= 0.6 is 0 Å². The predicted molar refractivity (Wildman–Crippen MR) is 70.7 cm³/mol. The van der Waals surface area contributed by atoms with Crippen molar-refractivity contribution in [3.63, 3.8) is 0 Å². The van der Waals surface area contributed by atoms with Gasteiger partial charge in [0.05, 0.1) is 6.10 Å². The summed E-state index contributed by atoms with van der Waals surface area (Å²) in [5.74, 6) is -1.17. The van der Waals surface area contributed by atoms with Crippen LogP contribution in [0.4, 0.5) is 8.78 Å². The molecule has 1 fully saturated rings. The highest BCUT2D eigenvalue weighted by molar-refractivity contribution is 5.21. The molecule has 0 saturated carbocycles. The van der Waals surface area contributed by atoms with Gasteiger partial charge < -0.3 is 10.4 Å². The van der Waals surface area contributed by atoms with E-state index in [1.165, 1.54) is 12.1 Å². The molecule has 1 aromatic carbocycles. The number of aliphatic hydroxyl groups is 1. The van der Waals surface area contributed by atoms with E-state index in [4.69, 9.17) is 0 Å². The molecule has 2 N–H and O–H groups in total. The number of piperidine rings is 1. The Balaban J connectivity index is 2.00. The van der Waals surface area contributed by atoms with Crippen LogP contribution in [0.2, 0.25) is 0 Å². The van der Waals surface area contributed by atoms with Crippen LogP contribution in [0.15, 0.2) is 18.2 Å². The largest absolute Gasteiger partial charge is 0.388 e. The number of rotatable bonds is 4. The van der Waals surface area contributed by atoms with Gasteiger partial charge in [0.2, 0.25) is 0 Å². The van der Waals surface area contributed by atoms with Crippen molar-refractivity contribution in [1.82, 2.24) is 5.32 Å². The van der Waals surface area contributed by atoms with E-state index in [9.17, 15) is 13.9 Å². The van der Waals surface area contributed by atoms with Gasteiger partial charge in [-0.05, 0) is 37.8 Å². The van der Waals surface area contributed by atoms with Gasteiger partial charge in [-0.3, -0.25) is 0 Å². The first-order valence-electron chi connectivity index (χ1n) is 6.97. The van der Waals surface area contributed by atoms with Gasteiger partial charge in [0.25, 0.3) is 0 Å². The summed E-state index contributed by atoms with van der Waals surface area (Å²) in [6.07, 6.45) is 2.74. The van der Waals surface area contributed by atoms with Crippen molar-refractivity contribution < 1.29 is 13.9 Å². The number of aliphatic hydroxyl groups excluding tert-OH is 1. The van der Waals surface area contributed by atoms with Crippen molar-refractivity contribution in [2.24, 2.45) is 5.92 Å². The first-order valence-corrected chi connectivity index (χ1v) is 6.97. The zero-order valence-corrected chi connectivity index (χ0v) is 11.2. The Morgan fingerprint density at radius 3 is 2.95 bits per heavy atom. The van der Waals surface area contributed by atoms with Gasteiger partial charge >= 0.3 is 0 Å². The Morgan fingerprint density at radius 1 is 1.42 bits per heavy atom. The summed E-state index contributed by atoms with van der Waals surface area (Å²) >= 11 is 0. The molecule has 0 spiro atoms. The van der Waals surface area contributed by atoms with E-state index in [0.717, 1.165) is 31.9 Å². The monoisotopic (exact) mass is 269 g/mol. The van der Waals surface area contributed by atoms with Crippen LogP contribution in [0.3, 0.4) is 0 Å². The molecule has 1 heterocycles. The van der Waals surface area contributed by atoms with E-state index in [2.05, 4.69) is 12.2 Å². The smallest absolute Gasteiger partial charge is 0.164 e. The fourth-order valence-electron chi connectivity index (χ4n) is 2.82. The summed E-state index contributed by atoms with van der Waals surface area (Å²) in [7, 11) is 0. The standard InChI is InChI=1S/C15H21F2NO/c1-2-10-6-7-18-11(8-10)9-14(19)12-4-3-5-13(16)15(12)17/h3-5,10-11,14,18-19H,2,6-9H2,1H3. The van der Waals surface area contributed by atoms with Crippen LogP contribution in [-0.4, -0.2) is 17.7 Å². The Bertz CT molecular complexity index is 425.